The van der Waals surface area contributed by atoms with Crippen molar-refractivity contribution in [3.8, 4) is 5.75 Å². The zero-order chi connectivity index (χ0) is 17.6. The number of hydrazine groups is 1. The van der Waals surface area contributed by atoms with Crippen molar-refractivity contribution in [2.75, 3.05) is 11.6 Å². The molecular formula is C20H30N2O2. The van der Waals surface area contributed by atoms with Crippen molar-refractivity contribution in [2.24, 2.45) is 0 Å². The molecule has 0 atom stereocenters. The maximum atomic E-state index is 11.8. The Labute approximate surface area is 145 Å². The zero-order valence-electron chi connectivity index (χ0n) is 15.2. The van der Waals surface area contributed by atoms with Crippen molar-refractivity contribution >= 4 is 11.6 Å². The number of nitrogens with one attached hydrogen (secondary N) is 1. The van der Waals surface area contributed by atoms with Crippen molar-refractivity contribution in [1.29, 1.82) is 0 Å². The number of unbranched alkanes of at least 4 members (excludes halogenated alkanes) is 5. The fourth-order valence-corrected chi connectivity index (χ4v) is 2.87. The first-order valence-electron chi connectivity index (χ1n) is 9.00. The number of rotatable bonds is 9. The fourth-order valence-electron chi connectivity index (χ4n) is 2.87. The van der Waals surface area contributed by atoms with Gasteiger partial charge < -0.3 is 4.74 Å². The van der Waals surface area contributed by atoms with Crippen LogP contribution < -0.4 is 15.2 Å². The first-order valence-corrected chi connectivity index (χ1v) is 9.00. The molecule has 4 nitrogen and oxygen atoms in total. The second-order valence-corrected chi connectivity index (χ2v) is 6.92. The largest absolute Gasteiger partial charge is 0.494 e. The van der Waals surface area contributed by atoms with Gasteiger partial charge in [-0.05, 0) is 44.5 Å². The van der Waals surface area contributed by atoms with E-state index < -0.39 is 5.54 Å². The van der Waals surface area contributed by atoms with Gasteiger partial charge >= 0.3 is 0 Å². The van der Waals surface area contributed by atoms with Gasteiger partial charge in [0.25, 0.3) is 5.91 Å². The number of nitrogens with zero attached hydrogens (tertiary/aromatic N) is 1. The quantitative estimate of drug-likeness (QED) is 0.531. The molecule has 0 saturated carbocycles. The average Bonchev–Trinajstić information content (AvgIpc) is 2.78. The maximum Gasteiger partial charge on any atom is 0.267 e. The molecular weight excluding hydrogens is 300 g/mol. The third-order valence-electron chi connectivity index (χ3n) is 4.65. The summed E-state index contributed by atoms with van der Waals surface area (Å²) in [6.07, 6.45) is 7.56. The topological polar surface area (TPSA) is 41.6 Å². The highest BCUT2D eigenvalue weighted by molar-refractivity contribution is 6.00. The van der Waals surface area contributed by atoms with Gasteiger partial charge in [0.2, 0.25) is 0 Å². The van der Waals surface area contributed by atoms with E-state index in [1.54, 1.807) is 0 Å². The fraction of sp³-hybridized carbons (Fsp3) is 0.550. The van der Waals surface area contributed by atoms with E-state index >= 15 is 0 Å². The second kappa shape index (κ2) is 8.22. The molecule has 0 spiro atoms. The number of anilines is 1. The summed E-state index contributed by atoms with van der Waals surface area (Å²) in [5.41, 5.74) is 3.93. The molecule has 1 heterocycles. The Hall–Kier alpha value is -1.97. The molecule has 2 rings (SSSR count). The second-order valence-electron chi connectivity index (χ2n) is 6.92. The van der Waals surface area contributed by atoms with Crippen LogP contribution in [0.5, 0.6) is 5.75 Å². The lowest BCUT2D eigenvalue weighted by Gasteiger charge is -2.32. The predicted octanol–water partition coefficient (Wildman–Crippen LogP) is 4.61. The van der Waals surface area contributed by atoms with Crippen molar-refractivity contribution in [3.05, 3.63) is 36.4 Å². The van der Waals surface area contributed by atoms with Crippen LogP contribution in [0.2, 0.25) is 0 Å². The van der Waals surface area contributed by atoms with Crippen LogP contribution in [0.25, 0.3) is 0 Å². The molecule has 1 amide bonds. The van der Waals surface area contributed by atoms with Crippen molar-refractivity contribution in [2.45, 2.75) is 64.8 Å². The van der Waals surface area contributed by atoms with Crippen molar-refractivity contribution < 1.29 is 9.53 Å². The van der Waals surface area contributed by atoms with Gasteiger partial charge in [-0.25, -0.2) is 0 Å². The van der Waals surface area contributed by atoms with Gasteiger partial charge in [-0.2, -0.15) is 0 Å². The molecule has 1 saturated heterocycles. The minimum atomic E-state index is -0.433. The van der Waals surface area contributed by atoms with Crippen LogP contribution in [0.1, 0.15) is 59.3 Å². The summed E-state index contributed by atoms with van der Waals surface area (Å²) in [5.74, 6) is 0.748. The number of hydrogen-bond acceptors (Lipinski definition) is 3. The smallest absolute Gasteiger partial charge is 0.267 e. The molecule has 1 fully saturated rings. The van der Waals surface area contributed by atoms with E-state index in [0.717, 1.165) is 24.5 Å². The summed E-state index contributed by atoms with van der Waals surface area (Å²) in [5, 5.41) is 1.86. The third kappa shape index (κ3) is 4.31. The van der Waals surface area contributed by atoms with Gasteiger partial charge in [-0.1, -0.05) is 45.6 Å². The van der Waals surface area contributed by atoms with Crippen LogP contribution in [0.3, 0.4) is 0 Å². The lowest BCUT2D eigenvalue weighted by Crippen LogP contribution is -2.44. The zero-order valence-corrected chi connectivity index (χ0v) is 15.2. The number of amides is 1. The highest BCUT2D eigenvalue weighted by Crippen LogP contribution is 2.33. The number of ether oxygens (including phenoxy) is 1. The van der Waals surface area contributed by atoms with Gasteiger partial charge in [0.15, 0.2) is 0 Å². The Morgan fingerprint density at radius 2 is 1.71 bits per heavy atom. The molecule has 1 aliphatic rings. The molecule has 0 unspecified atom stereocenters. The maximum absolute atomic E-state index is 11.8. The molecule has 0 aromatic heterocycles. The van der Waals surface area contributed by atoms with Crippen molar-refractivity contribution in [3.63, 3.8) is 0 Å². The Morgan fingerprint density at radius 1 is 1.08 bits per heavy atom. The van der Waals surface area contributed by atoms with Crippen LogP contribution in [0.4, 0.5) is 5.69 Å². The highest BCUT2D eigenvalue weighted by atomic mass is 16.5. The molecule has 132 valence electrons. The van der Waals surface area contributed by atoms with Crippen LogP contribution in [0.15, 0.2) is 36.4 Å². The third-order valence-corrected chi connectivity index (χ3v) is 4.65. The van der Waals surface area contributed by atoms with Crippen LogP contribution in [0, 0.1) is 0 Å². The lowest BCUT2D eigenvalue weighted by atomic mass is 9.96. The lowest BCUT2D eigenvalue weighted by molar-refractivity contribution is -0.116. The molecule has 1 aromatic carbocycles. The summed E-state index contributed by atoms with van der Waals surface area (Å²) in [6, 6.07) is 7.85. The predicted molar refractivity (Wildman–Crippen MR) is 99.2 cm³/mol. The Balaban J connectivity index is 1.81. The monoisotopic (exact) mass is 330 g/mol. The van der Waals surface area contributed by atoms with Gasteiger partial charge in [0, 0.05) is 5.57 Å². The molecule has 0 radical (unpaired) electrons. The van der Waals surface area contributed by atoms with Gasteiger partial charge in [-0.15, -0.1) is 0 Å². The summed E-state index contributed by atoms with van der Waals surface area (Å²) in [7, 11) is 0. The van der Waals surface area contributed by atoms with E-state index in [1.807, 2.05) is 43.1 Å². The van der Waals surface area contributed by atoms with E-state index in [9.17, 15) is 4.79 Å². The van der Waals surface area contributed by atoms with Crippen LogP contribution in [-0.4, -0.2) is 18.1 Å². The van der Waals surface area contributed by atoms with E-state index in [2.05, 4.69) is 18.9 Å². The summed E-state index contributed by atoms with van der Waals surface area (Å²) in [6.45, 7) is 10.8. The van der Waals surface area contributed by atoms with Gasteiger partial charge in [0.1, 0.15) is 5.75 Å². The molecule has 1 N–H and O–H groups in total. The first kappa shape index (κ1) is 18.4. The Morgan fingerprint density at radius 3 is 2.29 bits per heavy atom. The molecule has 4 heteroatoms. The molecule has 0 bridgehead atoms. The first-order chi connectivity index (χ1) is 11.5. The van der Waals surface area contributed by atoms with E-state index in [1.165, 1.54) is 32.1 Å². The van der Waals surface area contributed by atoms with E-state index in [4.69, 9.17) is 4.74 Å². The standard InChI is InChI=1S/C20H30N2O2/c1-5-6-7-8-9-10-15-24-18-13-11-17(12-14-18)22-20(3,4)16(2)19(23)21-22/h11-14H,2,5-10,15H2,1,3-4H3,(H,21,23). The molecule has 1 aliphatic heterocycles. The molecule has 1 aromatic rings. The molecule has 0 aliphatic carbocycles. The molecule has 24 heavy (non-hydrogen) atoms. The Bertz CT molecular complexity index is 564. The summed E-state index contributed by atoms with van der Waals surface area (Å²) >= 11 is 0. The minimum absolute atomic E-state index is 0.122. The van der Waals surface area contributed by atoms with Crippen LogP contribution in [-0.2, 0) is 4.79 Å². The average molecular weight is 330 g/mol. The van der Waals surface area contributed by atoms with E-state index in [0.29, 0.717) is 5.57 Å². The number of benzene rings is 1. The number of hydrogen-bond donors (Lipinski definition) is 1. The SMILES string of the molecule is C=C1C(=O)NN(c2ccc(OCCCCCCCC)cc2)C1(C)C. The van der Waals surface area contributed by atoms with E-state index in [-0.39, 0.29) is 5.91 Å². The van der Waals surface area contributed by atoms with Crippen LogP contribution >= 0.6 is 0 Å². The number of carbonyl (C=O) groups is 1. The Kier molecular flexibility index (Phi) is 6.29. The summed E-state index contributed by atoms with van der Waals surface area (Å²) < 4.78 is 5.80. The van der Waals surface area contributed by atoms with Crippen molar-refractivity contribution in [1.82, 2.24) is 5.43 Å². The van der Waals surface area contributed by atoms with Gasteiger partial charge in [0.05, 0.1) is 17.8 Å². The number of carbonyl (C=O) groups excluding carboxylic acids is 1. The minimum Gasteiger partial charge on any atom is -0.494 e. The summed E-state index contributed by atoms with van der Waals surface area (Å²) in [4.78, 5) is 11.8. The normalized spacial score (nSPS) is 16.4. The van der Waals surface area contributed by atoms with Gasteiger partial charge in [-0.3, -0.25) is 15.2 Å². The highest BCUT2D eigenvalue weighted by Gasteiger charge is 2.41.